The normalized spacial score (nSPS) is 11.0. The first-order valence-corrected chi connectivity index (χ1v) is 8.66. The van der Waals surface area contributed by atoms with Crippen LogP contribution >= 0.6 is 36.2 Å². The van der Waals surface area contributed by atoms with E-state index in [-0.39, 0.29) is 36.8 Å². The number of hydrogen-bond acceptors (Lipinski definition) is 5. The van der Waals surface area contributed by atoms with E-state index in [1.54, 1.807) is 12.5 Å². The molecular formula is C17H25Cl2N3O2S. The fourth-order valence-corrected chi connectivity index (χ4v) is 3.01. The highest BCUT2D eigenvalue weighted by Crippen LogP contribution is 2.25. The summed E-state index contributed by atoms with van der Waals surface area (Å²) in [5.41, 5.74) is 7.13. The third-order valence-electron chi connectivity index (χ3n) is 3.60. The molecule has 140 valence electrons. The average Bonchev–Trinajstić information content (AvgIpc) is 3.08. The maximum Gasteiger partial charge on any atom is 0.271 e. The molecule has 0 saturated carbocycles. The van der Waals surface area contributed by atoms with Crippen LogP contribution < -0.4 is 15.8 Å². The van der Waals surface area contributed by atoms with Crippen LogP contribution in [-0.2, 0) is 0 Å². The van der Waals surface area contributed by atoms with Crippen molar-refractivity contribution in [2.24, 2.45) is 5.73 Å². The van der Waals surface area contributed by atoms with Gasteiger partial charge in [-0.2, -0.15) is 0 Å². The molecule has 0 saturated heterocycles. The molecule has 1 atom stereocenters. The molecular weight excluding hydrogens is 381 g/mol. The Labute approximate surface area is 165 Å². The van der Waals surface area contributed by atoms with E-state index in [4.69, 9.17) is 10.5 Å². The lowest BCUT2D eigenvalue weighted by molar-refractivity contribution is 0.0931. The predicted octanol–water partition coefficient (Wildman–Crippen LogP) is 3.91. The van der Waals surface area contributed by atoms with Gasteiger partial charge in [-0.05, 0) is 30.7 Å². The summed E-state index contributed by atoms with van der Waals surface area (Å²) in [6.45, 7) is 2.57. The zero-order chi connectivity index (χ0) is 16.7. The average molecular weight is 406 g/mol. The lowest BCUT2D eigenvalue weighted by atomic mass is 10.1. The van der Waals surface area contributed by atoms with Crippen molar-refractivity contribution < 1.29 is 9.53 Å². The van der Waals surface area contributed by atoms with Crippen LogP contribution in [-0.4, -0.2) is 30.6 Å². The van der Waals surface area contributed by atoms with E-state index in [1.807, 2.05) is 24.3 Å². The molecule has 1 amide bonds. The summed E-state index contributed by atoms with van der Waals surface area (Å²) in [5.74, 6) is 0.637. The van der Waals surface area contributed by atoms with E-state index in [1.165, 1.54) is 11.3 Å². The number of ether oxygens (including phenoxy) is 1. The van der Waals surface area contributed by atoms with Gasteiger partial charge in [-0.3, -0.25) is 4.79 Å². The van der Waals surface area contributed by atoms with Crippen LogP contribution in [0.15, 0.2) is 29.6 Å². The van der Waals surface area contributed by atoms with Crippen molar-refractivity contribution in [2.45, 2.75) is 32.2 Å². The van der Waals surface area contributed by atoms with Crippen LogP contribution in [0.5, 0.6) is 5.75 Å². The third-order valence-corrected chi connectivity index (χ3v) is 4.49. The molecule has 1 aromatic carbocycles. The van der Waals surface area contributed by atoms with Gasteiger partial charge in [-0.1, -0.05) is 19.8 Å². The zero-order valence-electron chi connectivity index (χ0n) is 14.4. The summed E-state index contributed by atoms with van der Waals surface area (Å²) in [4.78, 5) is 16.7. The van der Waals surface area contributed by atoms with E-state index in [2.05, 4.69) is 17.2 Å². The first kappa shape index (κ1) is 23.7. The number of benzene rings is 1. The number of aromatic nitrogens is 1. The summed E-state index contributed by atoms with van der Waals surface area (Å²) in [5, 5.41) is 5.56. The molecule has 0 aliphatic carbocycles. The number of nitrogens with one attached hydrogen (secondary N) is 1. The van der Waals surface area contributed by atoms with Crippen LogP contribution in [0.3, 0.4) is 0 Å². The van der Waals surface area contributed by atoms with E-state index in [0.717, 1.165) is 35.6 Å². The first-order chi connectivity index (χ1) is 11.2. The van der Waals surface area contributed by atoms with E-state index >= 15 is 0 Å². The number of rotatable bonds is 8. The van der Waals surface area contributed by atoms with E-state index in [9.17, 15) is 4.79 Å². The summed E-state index contributed by atoms with van der Waals surface area (Å²) >= 11 is 1.45. The molecule has 1 aromatic heterocycles. The van der Waals surface area contributed by atoms with Gasteiger partial charge in [0.15, 0.2) is 0 Å². The van der Waals surface area contributed by atoms with Crippen molar-refractivity contribution in [1.29, 1.82) is 0 Å². The molecule has 0 fully saturated rings. The van der Waals surface area contributed by atoms with Crippen LogP contribution in [0, 0.1) is 0 Å². The highest BCUT2D eigenvalue weighted by atomic mass is 35.5. The van der Waals surface area contributed by atoms with Crippen LogP contribution in [0.2, 0.25) is 0 Å². The standard InChI is InChI=1S/C17H23N3O2S.2ClH/c1-3-4-5-13(10-18)19-16(21)15-11-23-17(20-15)12-6-8-14(22-2)9-7-12;;/h6-9,11,13H,3-5,10,18H2,1-2H3,(H,19,21);2*1H. The Morgan fingerprint density at radius 1 is 1.32 bits per heavy atom. The SMILES string of the molecule is CCCCC(CN)NC(=O)c1csc(-c2ccc(OC)cc2)n1.Cl.Cl. The molecule has 3 N–H and O–H groups in total. The summed E-state index contributed by atoms with van der Waals surface area (Å²) in [6, 6.07) is 7.64. The Balaban J connectivity index is 0.00000288. The van der Waals surface area contributed by atoms with Crippen LogP contribution in [0.25, 0.3) is 10.6 Å². The van der Waals surface area contributed by atoms with Gasteiger partial charge in [-0.25, -0.2) is 4.98 Å². The fraction of sp³-hybridized carbons (Fsp3) is 0.412. The Bertz CT molecular complexity index is 635. The number of nitrogens with two attached hydrogens (primary N) is 1. The van der Waals surface area contributed by atoms with Gasteiger partial charge in [0.25, 0.3) is 5.91 Å². The Morgan fingerprint density at radius 3 is 2.56 bits per heavy atom. The number of halogens is 2. The van der Waals surface area contributed by atoms with Gasteiger partial charge in [0.1, 0.15) is 16.5 Å². The monoisotopic (exact) mass is 405 g/mol. The molecule has 1 unspecified atom stereocenters. The van der Waals surface area contributed by atoms with Crippen molar-refractivity contribution in [3.05, 3.63) is 35.3 Å². The number of carbonyl (C=O) groups excluding carboxylic acids is 1. The van der Waals surface area contributed by atoms with Crippen molar-refractivity contribution in [1.82, 2.24) is 10.3 Å². The van der Waals surface area contributed by atoms with Crippen molar-refractivity contribution in [3.8, 4) is 16.3 Å². The van der Waals surface area contributed by atoms with Gasteiger partial charge in [0.05, 0.1) is 7.11 Å². The highest BCUT2D eigenvalue weighted by molar-refractivity contribution is 7.13. The first-order valence-electron chi connectivity index (χ1n) is 7.78. The number of nitrogens with zero attached hydrogens (tertiary/aromatic N) is 1. The minimum Gasteiger partial charge on any atom is -0.497 e. The quantitative estimate of drug-likeness (QED) is 0.697. The maximum atomic E-state index is 12.3. The minimum atomic E-state index is -0.160. The van der Waals surface area contributed by atoms with E-state index in [0.29, 0.717) is 12.2 Å². The molecule has 0 aliphatic rings. The second kappa shape index (κ2) is 12.1. The van der Waals surface area contributed by atoms with Gasteiger partial charge in [-0.15, -0.1) is 36.2 Å². The maximum absolute atomic E-state index is 12.3. The molecule has 8 heteroatoms. The number of unbranched alkanes of at least 4 members (excludes halogenated alkanes) is 1. The number of methoxy groups -OCH3 is 1. The Morgan fingerprint density at radius 2 is 2.00 bits per heavy atom. The topological polar surface area (TPSA) is 77.2 Å². The Kier molecular flexibility index (Phi) is 11.4. The smallest absolute Gasteiger partial charge is 0.271 e. The molecule has 5 nitrogen and oxygen atoms in total. The highest BCUT2D eigenvalue weighted by Gasteiger charge is 2.15. The van der Waals surface area contributed by atoms with Crippen LogP contribution in [0.1, 0.15) is 36.7 Å². The number of amides is 1. The summed E-state index contributed by atoms with van der Waals surface area (Å²) < 4.78 is 5.14. The molecule has 0 spiro atoms. The van der Waals surface area contributed by atoms with Crippen molar-refractivity contribution >= 4 is 42.1 Å². The second-order valence-corrected chi connectivity index (χ2v) is 6.17. The van der Waals surface area contributed by atoms with Crippen molar-refractivity contribution in [2.75, 3.05) is 13.7 Å². The molecule has 2 aromatic rings. The predicted molar refractivity (Wildman–Crippen MR) is 108 cm³/mol. The number of carbonyl (C=O) groups is 1. The molecule has 25 heavy (non-hydrogen) atoms. The fourth-order valence-electron chi connectivity index (χ4n) is 2.20. The van der Waals surface area contributed by atoms with E-state index < -0.39 is 0 Å². The molecule has 1 heterocycles. The molecule has 2 rings (SSSR count). The second-order valence-electron chi connectivity index (χ2n) is 5.31. The summed E-state index contributed by atoms with van der Waals surface area (Å²) in [7, 11) is 1.63. The molecule has 0 aliphatic heterocycles. The van der Waals surface area contributed by atoms with Crippen molar-refractivity contribution in [3.63, 3.8) is 0 Å². The Hall–Kier alpha value is -1.34. The summed E-state index contributed by atoms with van der Waals surface area (Å²) in [6.07, 6.45) is 3.04. The van der Waals surface area contributed by atoms with Gasteiger partial charge < -0.3 is 15.8 Å². The minimum absolute atomic E-state index is 0. The van der Waals surface area contributed by atoms with Gasteiger partial charge in [0, 0.05) is 23.5 Å². The molecule has 0 radical (unpaired) electrons. The lowest BCUT2D eigenvalue weighted by Gasteiger charge is -2.15. The largest absolute Gasteiger partial charge is 0.497 e. The number of hydrogen-bond donors (Lipinski definition) is 2. The third kappa shape index (κ3) is 6.82. The van der Waals surface area contributed by atoms with Gasteiger partial charge >= 0.3 is 0 Å². The van der Waals surface area contributed by atoms with Crippen LogP contribution in [0.4, 0.5) is 0 Å². The molecule has 0 bridgehead atoms. The lowest BCUT2D eigenvalue weighted by Crippen LogP contribution is -2.40. The zero-order valence-corrected chi connectivity index (χ0v) is 16.8. The number of thiazole rings is 1. The van der Waals surface area contributed by atoms with Gasteiger partial charge in [0.2, 0.25) is 0 Å².